The molecule has 0 bridgehead atoms. The molecule has 0 spiro atoms. The Morgan fingerprint density at radius 1 is 0.933 bits per heavy atom. The maximum atomic E-state index is 12.4. The van der Waals surface area contributed by atoms with E-state index in [1.165, 1.54) is 44.6 Å². The first kappa shape index (κ1) is 20.7. The van der Waals surface area contributed by atoms with E-state index < -0.39 is 17.8 Å². The predicted octanol–water partition coefficient (Wildman–Crippen LogP) is 3.67. The van der Waals surface area contributed by atoms with Crippen LogP contribution in [-0.4, -0.2) is 39.2 Å². The van der Waals surface area contributed by atoms with E-state index in [1.54, 1.807) is 25.3 Å². The first-order valence-electron chi connectivity index (χ1n) is 8.82. The summed E-state index contributed by atoms with van der Waals surface area (Å²) in [6.07, 6.45) is 2.74. The van der Waals surface area contributed by atoms with Crippen molar-refractivity contribution >= 4 is 40.6 Å². The number of anilines is 1. The van der Waals surface area contributed by atoms with Crippen molar-refractivity contribution in [2.45, 2.75) is 0 Å². The van der Waals surface area contributed by atoms with Crippen molar-refractivity contribution in [2.24, 2.45) is 0 Å². The summed E-state index contributed by atoms with van der Waals surface area (Å²) in [7, 11) is 4.03. The highest BCUT2D eigenvalue weighted by atomic mass is 16.5. The first-order valence-corrected chi connectivity index (χ1v) is 8.82. The number of carbonyl (C=O) groups excluding carboxylic acids is 3. The van der Waals surface area contributed by atoms with E-state index in [-0.39, 0.29) is 16.8 Å². The number of ether oxygens (including phenoxy) is 3. The van der Waals surface area contributed by atoms with Crippen LogP contribution in [0.4, 0.5) is 5.69 Å². The number of hydrogen-bond donors (Lipinski definition) is 1. The summed E-state index contributed by atoms with van der Waals surface area (Å²) >= 11 is 0. The fraction of sp³-hybridized carbons (Fsp3) is 0.136. The SMILES string of the molecule is COC(=O)c1ccc(C(=O)OC)c(NC(=O)/C=C/c2cc3cc(OC)ccc3o2)c1. The third-order valence-corrected chi connectivity index (χ3v) is 4.25. The van der Waals surface area contributed by atoms with Crippen molar-refractivity contribution in [3.8, 4) is 5.75 Å². The predicted molar refractivity (Wildman–Crippen MR) is 110 cm³/mol. The van der Waals surface area contributed by atoms with Gasteiger partial charge in [0.05, 0.1) is 38.1 Å². The van der Waals surface area contributed by atoms with Crippen molar-refractivity contribution in [3.63, 3.8) is 0 Å². The topological polar surface area (TPSA) is 104 Å². The standard InChI is InChI=1S/C22H19NO7/c1-27-15-5-8-19-14(10-15)11-16(30-19)6-9-20(24)23-18-12-13(21(25)28-2)4-7-17(18)22(26)29-3/h4-12H,1-3H3,(H,23,24)/b9-6+. The fourth-order valence-electron chi connectivity index (χ4n) is 2.76. The third kappa shape index (κ3) is 4.49. The molecule has 0 aliphatic carbocycles. The molecular weight excluding hydrogens is 390 g/mol. The summed E-state index contributed by atoms with van der Waals surface area (Å²) < 4.78 is 20.2. The van der Waals surface area contributed by atoms with E-state index in [4.69, 9.17) is 13.9 Å². The number of rotatable bonds is 6. The molecule has 0 aliphatic rings. The van der Waals surface area contributed by atoms with E-state index in [2.05, 4.69) is 10.1 Å². The number of fused-ring (bicyclic) bond motifs is 1. The quantitative estimate of drug-likeness (QED) is 0.489. The highest BCUT2D eigenvalue weighted by Crippen LogP contribution is 2.25. The van der Waals surface area contributed by atoms with Gasteiger partial charge in [-0.15, -0.1) is 0 Å². The fourth-order valence-corrected chi connectivity index (χ4v) is 2.76. The molecule has 0 aliphatic heterocycles. The number of nitrogens with one attached hydrogen (secondary N) is 1. The number of benzene rings is 2. The molecule has 0 saturated carbocycles. The minimum Gasteiger partial charge on any atom is -0.497 e. The molecule has 1 amide bonds. The van der Waals surface area contributed by atoms with Gasteiger partial charge in [-0.2, -0.15) is 0 Å². The van der Waals surface area contributed by atoms with E-state index in [9.17, 15) is 14.4 Å². The molecule has 0 radical (unpaired) electrons. The second-order valence-corrected chi connectivity index (χ2v) is 6.12. The molecule has 154 valence electrons. The van der Waals surface area contributed by atoms with Crippen molar-refractivity contribution in [1.29, 1.82) is 0 Å². The van der Waals surface area contributed by atoms with Gasteiger partial charge in [-0.25, -0.2) is 9.59 Å². The van der Waals surface area contributed by atoms with Crippen LogP contribution < -0.4 is 10.1 Å². The molecule has 30 heavy (non-hydrogen) atoms. The number of carbonyl (C=O) groups is 3. The van der Waals surface area contributed by atoms with Gasteiger partial charge >= 0.3 is 11.9 Å². The van der Waals surface area contributed by atoms with Crippen LogP contribution >= 0.6 is 0 Å². The Balaban J connectivity index is 1.82. The smallest absolute Gasteiger partial charge is 0.339 e. The van der Waals surface area contributed by atoms with Crippen LogP contribution in [0.25, 0.3) is 17.0 Å². The maximum Gasteiger partial charge on any atom is 0.339 e. The zero-order valence-corrected chi connectivity index (χ0v) is 16.6. The van der Waals surface area contributed by atoms with Gasteiger partial charge in [-0.3, -0.25) is 4.79 Å². The number of furan rings is 1. The Morgan fingerprint density at radius 2 is 1.70 bits per heavy atom. The molecule has 3 aromatic rings. The first-order chi connectivity index (χ1) is 14.4. The summed E-state index contributed by atoms with van der Waals surface area (Å²) in [5, 5.41) is 3.40. The third-order valence-electron chi connectivity index (χ3n) is 4.25. The van der Waals surface area contributed by atoms with Gasteiger partial charge in [0.1, 0.15) is 17.1 Å². The molecule has 3 rings (SSSR count). The van der Waals surface area contributed by atoms with Gasteiger partial charge in [-0.05, 0) is 48.5 Å². The molecule has 0 atom stereocenters. The Labute approximate surface area is 172 Å². The largest absolute Gasteiger partial charge is 0.497 e. The van der Waals surface area contributed by atoms with Crippen LogP contribution in [0.15, 0.2) is 53.0 Å². The van der Waals surface area contributed by atoms with Crippen LogP contribution in [0.5, 0.6) is 5.75 Å². The Bertz CT molecular complexity index is 1140. The van der Waals surface area contributed by atoms with Crippen LogP contribution in [0.1, 0.15) is 26.5 Å². The van der Waals surface area contributed by atoms with Crippen molar-refractivity contribution in [2.75, 3.05) is 26.6 Å². The summed E-state index contributed by atoms with van der Waals surface area (Å²) in [6.45, 7) is 0. The van der Waals surface area contributed by atoms with E-state index in [0.29, 0.717) is 17.1 Å². The lowest BCUT2D eigenvalue weighted by Crippen LogP contribution is -2.14. The van der Waals surface area contributed by atoms with Gasteiger partial charge in [0, 0.05) is 11.5 Å². The molecule has 2 aromatic carbocycles. The van der Waals surface area contributed by atoms with Gasteiger partial charge in [0.15, 0.2) is 0 Å². The highest BCUT2D eigenvalue weighted by Gasteiger charge is 2.16. The van der Waals surface area contributed by atoms with E-state index in [1.807, 2.05) is 6.07 Å². The summed E-state index contributed by atoms with van der Waals surface area (Å²) in [5.74, 6) is -0.630. The molecule has 0 fully saturated rings. The summed E-state index contributed by atoms with van der Waals surface area (Å²) in [5.41, 5.74) is 1.04. The lowest BCUT2D eigenvalue weighted by Gasteiger charge is -2.10. The molecule has 0 saturated heterocycles. The molecule has 1 heterocycles. The van der Waals surface area contributed by atoms with E-state index in [0.717, 1.165) is 5.39 Å². The van der Waals surface area contributed by atoms with Crippen LogP contribution in [0, 0.1) is 0 Å². The van der Waals surface area contributed by atoms with Crippen molar-refractivity contribution < 1.29 is 33.0 Å². The van der Waals surface area contributed by atoms with E-state index >= 15 is 0 Å². The van der Waals surface area contributed by atoms with Crippen LogP contribution in [0.3, 0.4) is 0 Å². The minimum atomic E-state index is -0.656. The molecule has 1 N–H and O–H groups in total. The molecule has 1 aromatic heterocycles. The highest BCUT2D eigenvalue weighted by molar-refractivity contribution is 6.07. The normalized spacial score (nSPS) is 10.8. The zero-order chi connectivity index (χ0) is 21.7. The average molecular weight is 409 g/mol. The molecule has 8 nitrogen and oxygen atoms in total. The van der Waals surface area contributed by atoms with Crippen molar-refractivity contribution in [1.82, 2.24) is 0 Å². The van der Waals surface area contributed by atoms with Gasteiger partial charge in [0.25, 0.3) is 0 Å². The second-order valence-electron chi connectivity index (χ2n) is 6.12. The summed E-state index contributed by atoms with van der Waals surface area (Å²) in [4.78, 5) is 36.1. The van der Waals surface area contributed by atoms with Crippen LogP contribution in [-0.2, 0) is 14.3 Å². The molecule has 8 heteroatoms. The Kier molecular flexibility index (Phi) is 6.17. The van der Waals surface area contributed by atoms with Crippen molar-refractivity contribution in [3.05, 3.63) is 65.4 Å². The minimum absolute atomic E-state index is 0.0998. The monoisotopic (exact) mass is 409 g/mol. The van der Waals surface area contributed by atoms with Gasteiger partial charge < -0.3 is 23.9 Å². The lowest BCUT2D eigenvalue weighted by atomic mass is 10.1. The number of esters is 2. The van der Waals surface area contributed by atoms with Gasteiger partial charge in [-0.1, -0.05) is 0 Å². The Morgan fingerprint density at radius 3 is 2.40 bits per heavy atom. The van der Waals surface area contributed by atoms with Gasteiger partial charge in [0.2, 0.25) is 5.91 Å². The summed E-state index contributed by atoms with van der Waals surface area (Å²) in [6, 6.07) is 11.3. The lowest BCUT2D eigenvalue weighted by molar-refractivity contribution is -0.111. The zero-order valence-electron chi connectivity index (χ0n) is 16.6. The maximum absolute atomic E-state index is 12.4. The number of amides is 1. The Hall–Kier alpha value is -4.07. The number of methoxy groups -OCH3 is 3. The molecule has 0 unspecified atom stereocenters. The number of hydrogen-bond acceptors (Lipinski definition) is 7. The molecular formula is C22H19NO7. The second kappa shape index (κ2) is 8.95. The average Bonchev–Trinajstić information content (AvgIpc) is 3.18. The van der Waals surface area contributed by atoms with Crippen LogP contribution in [0.2, 0.25) is 0 Å².